The van der Waals surface area contributed by atoms with Crippen LogP contribution < -0.4 is 4.74 Å². The summed E-state index contributed by atoms with van der Waals surface area (Å²) < 4.78 is 6.27. The van der Waals surface area contributed by atoms with Gasteiger partial charge in [-0.3, -0.25) is 4.79 Å². The van der Waals surface area contributed by atoms with Gasteiger partial charge in [0.2, 0.25) is 0 Å². The predicted octanol–water partition coefficient (Wildman–Crippen LogP) is 7.13. The molecule has 1 saturated carbocycles. The van der Waals surface area contributed by atoms with Crippen LogP contribution in [0.4, 0.5) is 0 Å². The molecule has 0 heterocycles. The Labute approximate surface area is 181 Å². The van der Waals surface area contributed by atoms with Gasteiger partial charge in [-0.25, -0.2) is 0 Å². The van der Waals surface area contributed by atoms with E-state index >= 15 is 0 Å². The Morgan fingerprint density at radius 1 is 0.967 bits per heavy atom. The van der Waals surface area contributed by atoms with Crippen LogP contribution in [0.15, 0.2) is 48.5 Å². The second-order valence-corrected chi connectivity index (χ2v) is 9.78. The molecule has 1 aliphatic carbocycles. The van der Waals surface area contributed by atoms with Crippen molar-refractivity contribution < 1.29 is 14.6 Å². The number of aliphatic carboxylic acids is 1. The maximum absolute atomic E-state index is 10.6. The first-order valence-electron chi connectivity index (χ1n) is 11.4. The fourth-order valence-corrected chi connectivity index (χ4v) is 4.48. The van der Waals surface area contributed by atoms with Crippen molar-refractivity contribution in [1.29, 1.82) is 0 Å². The average Bonchev–Trinajstić information content (AvgIpc) is 2.72. The Morgan fingerprint density at radius 3 is 2.30 bits per heavy atom. The summed E-state index contributed by atoms with van der Waals surface area (Å²) in [5, 5.41) is 8.76. The van der Waals surface area contributed by atoms with Crippen LogP contribution >= 0.6 is 0 Å². The molecule has 2 aromatic carbocycles. The lowest BCUT2D eigenvalue weighted by atomic mass is 9.72. The topological polar surface area (TPSA) is 46.5 Å². The molecular formula is C27H36O3. The number of hydrogen-bond donors (Lipinski definition) is 1. The summed E-state index contributed by atoms with van der Waals surface area (Å²) in [5.41, 5.74) is 4.04. The van der Waals surface area contributed by atoms with E-state index in [-0.39, 0.29) is 6.42 Å². The van der Waals surface area contributed by atoms with Gasteiger partial charge in [0.25, 0.3) is 0 Å². The minimum Gasteiger partial charge on any atom is -0.490 e. The molecule has 1 N–H and O–H groups in total. The first kappa shape index (κ1) is 22.4. The molecule has 1 fully saturated rings. The van der Waals surface area contributed by atoms with E-state index in [0.717, 1.165) is 43.8 Å². The third-order valence-electron chi connectivity index (χ3n) is 6.42. The minimum atomic E-state index is -0.715. The van der Waals surface area contributed by atoms with E-state index in [0.29, 0.717) is 11.5 Å². The van der Waals surface area contributed by atoms with Gasteiger partial charge in [0.1, 0.15) is 5.75 Å². The van der Waals surface area contributed by atoms with Gasteiger partial charge in [0.05, 0.1) is 6.10 Å². The van der Waals surface area contributed by atoms with Crippen LogP contribution in [0.2, 0.25) is 0 Å². The van der Waals surface area contributed by atoms with Crippen molar-refractivity contribution in [3.8, 4) is 16.9 Å². The highest BCUT2D eigenvalue weighted by Crippen LogP contribution is 2.38. The smallest absolute Gasteiger partial charge is 0.303 e. The first-order valence-corrected chi connectivity index (χ1v) is 11.4. The first-order chi connectivity index (χ1) is 14.3. The Morgan fingerprint density at radius 2 is 1.67 bits per heavy atom. The highest BCUT2D eigenvalue weighted by Gasteiger charge is 2.30. The highest BCUT2D eigenvalue weighted by molar-refractivity contribution is 5.66. The van der Waals surface area contributed by atoms with Crippen molar-refractivity contribution >= 4 is 5.97 Å². The molecule has 0 bridgehead atoms. The molecule has 0 unspecified atom stereocenters. The van der Waals surface area contributed by atoms with Crippen LogP contribution in [-0.2, 0) is 11.2 Å². The van der Waals surface area contributed by atoms with Gasteiger partial charge >= 0.3 is 5.97 Å². The monoisotopic (exact) mass is 408 g/mol. The van der Waals surface area contributed by atoms with Crippen LogP contribution in [0, 0.1) is 11.3 Å². The number of benzene rings is 2. The van der Waals surface area contributed by atoms with Crippen LogP contribution in [0.25, 0.3) is 11.1 Å². The fourth-order valence-electron chi connectivity index (χ4n) is 4.48. The van der Waals surface area contributed by atoms with E-state index < -0.39 is 5.97 Å². The molecule has 30 heavy (non-hydrogen) atoms. The van der Waals surface area contributed by atoms with E-state index in [1.54, 1.807) is 0 Å². The van der Waals surface area contributed by atoms with E-state index in [2.05, 4.69) is 69.3 Å². The van der Waals surface area contributed by atoms with E-state index in [4.69, 9.17) is 9.84 Å². The zero-order valence-corrected chi connectivity index (χ0v) is 18.7. The molecule has 0 saturated heterocycles. The number of carboxylic acid groups (broad SMARTS) is 1. The highest BCUT2D eigenvalue weighted by atomic mass is 16.5. The molecule has 3 heteroatoms. The normalized spacial score (nSPS) is 19.4. The lowest BCUT2D eigenvalue weighted by molar-refractivity contribution is -0.137. The molecule has 0 spiro atoms. The fraction of sp³-hybridized carbons (Fsp3) is 0.519. The van der Waals surface area contributed by atoms with Crippen LogP contribution in [0.3, 0.4) is 0 Å². The van der Waals surface area contributed by atoms with Gasteiger partial charge in [0.15, 0.2) is 0 Å². The van der Waals surface area contributed by atoms with Gasteiger partial charge in [0, 0.05) is 6.42 Å². The molecule has 0 aliphatic heterocycles. The summed E-state index contributed by atoms with van der Waals surface area (Å²) in [6.45, 7) is 7.05. The lowest BCUT2D eigenvalue weighted by Gasteiger charge is -2.36. The molecule has 3 rings (SSSR count). The molecule has 1 aliphatic rings. The maximum atomic E-state index is 10.6. The Hall–Kier alpha value is -2.29. The van der Waals surface area contributed by atoms with Gasteiger partial charge < -0.3 is 9.84 Å². The minimum absolute atomic E-state index is 0.249. The van der Waals surface area contributed by atoms with Crippen molar-refractivity contribution in [1.82, 2.24) is 0 Å². The van der Waals surface area contributed by atoms with Crippen molar-refractivity contribution in [3.05, 3.63) is 54.1 Å². The zero-order valence-electron chi connectivity index (χ0n) is 18.7. The van der Waals surface area contributed by atoms with Crippen molar-refractivity contribution in [2.45, 2.75) is 78.2 Å². The number of carbonyl (C=O) groups is 1. The lowest BCUT2D eigenvalue weighted by Crippen LogP contribution is -2.30. The van der Waals surface area contributed by atoms with Crippen molar-refractivity contribution in [2.75, 3.05) is 0 Å². The average molecular weight is 409 g/mol. The summed E-state index contributed by atoms with van der Waals surface area (Å²) in [5.74, 6) is 1.05. The molecule has 0 radical (unpaired) electrons. The molecule has 0 amide bonds. The van der Waals surface area contributed by atoms with Crippen molar-refractivity contribution in [3.63, 3.8) is 0 Å². The number of carboxylic acids is 1. The van der Waals surface area contributed by atoms with Crippen LogP contribution in [-0.4, -0.2) is 17.2 Å². The third-order valence-corrected chi connectivity index (χ3v) is 6.42. The number of rotatable bonds is 8. The maximum Gasteiger partial charge on any atom is 0.303 e. The predicted molar refractivity (Wildman–Crippen MR) is 123 cm³/mol. The van der Waals surface area contributed by atoms with Crippen LogP contribution in [0.1, 0.15) is 71.3 Å². The summed E-state index contributed by atoms with van der Waals surface area (Å²) >= 11 is 0. The van der Waals surface area contributed by atoms with Gasteiger partial charge in [-0.1, -0.05) is 57.2 Å². The standard InChI is InChI=1S/C27H36O3/c1-27(2,3)23-13-17-25(18-14-23)30-24-15-11-21(12-16-24)22-9-6-8-20(19-22)7-4-5-10-26(28)29/h6,8-9,11-12,15-16,19,23,25H,4-5,7,10,13-14,17-18H2,1-3H3,(H,28,29). The molecule has 0 atom stereocenters. The second kappa shape index (κ2) is 10.1. The SMILES string of the molecule is CC(C)(C)C1CCC(Oc2ccc(-c3cccc(CCCCC(=O)O)c3)cc2)CC1. The second-order valence-electron chi connectivity index (χ2n) is 9.78. The Balaban J connectivity index is 1.53. The number of hydrogen-bond acceptors (Lipinski definition) is 2. The summed E-state index contributed by atoms with van der Waals surface area (Å²) in [6.07, 6.45) is 7.93. The quantitative estimate of drug-likeness (QED) is 0.472. The zero-order chi connectivity index (χ0) is 21.6. The van der Waals surface area contributed by atoms with Crippen LogP contribution in [0.5, 0.6) is 5.75 Å². The molecule has 0 aromatic heterocycles. The van der Waals surface area contributed by atoms with Gasteiger partial charge in [-0.2, -0.15) is 0 Å². The largest absolute Gasteiger partial charge is 0.490 e. The number of ether oxygens (including phenoxy) is 1. The summed E-state index contributed by atoms with van der Waals surface area (Å²) in [4.78, 5) is 10.6. The molecule has 2 aromatic rings. The summed E-state index contributed by atoms with van der Waals surface area (Å²) in [7, 11) is 0. The third kappa shape index (κ3) is 6.62. The molecule has 162 valence electrons. The molecule has 3 nitrogen and oxygen atoms in total. The van der Waals surface area contributed by atoms with Crippen molar-refractivity contribution in [2.24, 2.45) is 11.3 Å². The Kier molecular flexibility index (Phi) is 7.58. The van der Waals surface area contributed by atoms with E-state index in [1.807, 2.05) is 0 Å². The number of unbranched alkanes of at least 4 members (excludes halogenated alkanes) is 1. The van der Waals surface area contributed by atoms with Gasteiger partial charge in [-0.15, -0.1) is 0 Å². The molecular weight excluding hydrogens is 372 g/mol. The van der Waals surface area contributed by atoms with E-state index in [1.165, 1.54) is 29.5 Å². The van der Waals surface area contributed by atoms with Gasteiger partial charge in [-0.05, 0) is 85.1 Å². The summed E-state index contributed by atoms with van der Waals surface area (Å²) in [6, 6.07) is 17.0. The van der Waals surface area contributed by atoms with E-state index in [9.17, 15) is 4.79 Å². The Bertz CT molecular complexity index is 809. The number of aryl methyl sites for hydroxylation is 1.